The van der Waals surface area contributed by atoms with Crippen molar-refractivity contribution >= 4 is 24.5 Å². The SMILES string of the molecule is CC(C)(C)[Si](OC1CC(CN2CCC[C@@H](Nc3nnc(-c4ccc(C(F)(F)F)cc4O)c4c3COC4)C2)C1)(c1ccccc1)c1ccccc1. The van der Waals surface area contributed by atoms with Crippen molar-refractivity contribution in [3.63, 3.8) is 0 Å². The molecule has 1 saturated heterocycles. The van der Waals surface area contributed by atoms with Crippen LogP contribution in [-0.4, -0.2) is 60.3 Å². The molecule has 264 valence electrons. The number of piperidine rings is 1. The van der Waals surface area contributed by atoms with E-state index in [1.165, 1.54) is 16.4 Å². The highest BCUT2D eigenvalue weighted by Crippen LogP contribution is 2.43. The first-order valence-electron chi connectivity index (χ1n) is 17.6. The number of hydrogen-bond acceptors (Lipinski definition) is 7. The first-order chi connectivity index (χ1) is 23.9. The number of ether oxygens (including phenoxy) is 1. The number of nitrogens with one attached hydrogen (secondary N) is 1. The fraction of sp³-hybridized carbons (Fsp3) is 0.436. The third-order valence-electron chi connectivity index (χ3n) is 10.6. The molecular weight excluding hydrogens is 658 g/mol. The van der Waals surface area contributed by atoms with Crippen LogP contribution in [0.3, 0.4) is 0 Å². The molecule has 1 aromatic heterocycles. The lowest BCUT2D eigenvalue weighted by Gasteiger charge is -2.49. The van der Waals surface area contributed by atoms with Gasteiger partial charge in [-0.3, -0.25) is 0 Å². The molecule has 0 bridgehead atoms. The number of nitrogens with zero attached hydrogens (tertiary/aromatic N) is 3. The molecule has 2 N–H and O–H groups in total. The Morgan fingerprint density at radius 2 is 1.58 bits per heavy atom. The number of rotatable bonds is 9. The Balaban J connectivity index is 1.00. The molecule has 11 heteroatoms. The van der Waals surface area contributed by atoms with E-state index in [4.69, 9.17) is 9.16 Å². The Morgan fingerprint density at radius 3 is 2.20 bits per heavy atom. The predicted octanol–water partition coefficient (Wildman–Crippen LogP) is 7.13. The molecule has 3 heterocycles. The lowest BCUT2D eigenvalue weighted by atomic mass is 9.82. The number of aromatic nitrogens is 2. The van der Waals surface area contributed by atoms with Gasteiger partial charge < -0.3 is 24.5 Å². The number of phenolic OH excluding ortho intramolecular Hbond substituents is 1. The van der Waals surface area contributed by atoms with E-state index in [0.717, 1.165) is 68.6 Å². The topological polar surface area (TPSA) is 79.7 Å². The van der Waals surface area contributed by atoms with Crippen LogP contribution in [0.5, 0.6) is 5.75 Å². The molecule has 0 radical (unpaired) electrons. The van der Waals surface area contributed by atoms with Crippen molar-refractivity contribution in [2.75, 3.05) is 25.0 Å². The zero-order valence-corrected chi connectivity index (χ0v) is 29.8. The Bertz CT molecular complexity index is 1760. The Labute approximate surface area is 293 Å². The molecule has 2 fully saturated rings. The van der Waals surface area contributed by atoms with Gasteiger partial charge in [-0.05, 0) is 71.8 Å². The predicted molar refractivity (Wildman–Crippen MR) is 191 cm³/mol. The number of phenols is 1. The van der Waals surface area contributed by atoms with E-state index in [1.54, 1.807) is 0 Å². The molecule has 1 atom stereocenters. The van der Waals surface area contributed by atoms with Crippen molar-refractivity contribution in [3.05, 3.63) is 95.6 Å². The van der Waals surface area contributed by atoms with E-state index in [0.29, 0.717) is 24.0 Å². The smallest absolute Gasteiger partial charge is 0.416 e. The van der Waals surface area contributed by atoms with E-state index in [-0.39, 0.29) is 29.4 Å². The lowest BCUT2D eigenvalue weighted by Crippen LogP contribution is -2.68. The summed E-state index contributed by atoms with van der Waals surface area (Å²) >= 11 is 0. The van der Waals surface area contributed by atoms with Crippen LogP contribution < -0.4 is 15.7 Å². The van der Waals surface area contributed by atoms with Crippen molar-refractivity contribution in [3.8, 4) is 17.0 Å². The monoisotopic (exact) mass is 702 g/mol. The third-order valence-corrected chi connectivity index (χ3v) is 15.7. The van der Waals surface area contributed by atoms with E-state index >= 15 is 0 Å². The molecule has 1 saturated carbocycles. The number of likely N-dealkylation sites (tertiary alicyclic amines) is 1. The fourth-order valence-electron chi connectivity index (χ4n) is 8.07. The van der Waals surface area contributed by atoms with E-state index in [9.17, 15) is 18.3 Å². The molecule has 3 aliphatic rings. The quantitative estimate of drug-likeness (QED) is 0.180. The second-order valence-corrected chi connectivity index (χ2v) is 19.3. The molecule has 50 heavy (non-hydrogen) atoms. The maximum absolute atomic E-state index is 13.2. The highest BCUT2D eigenvalue weighted by molar-refractivity contribution is 6.99. The van der Waals surface area contributed by atoms with Gasteiger partial charge in [0.25, 0.3) is 8.32 Å². The summed E-state index contributed by atoms with van der Waals surface area (Å²) in [6.45, 7) is 10.5. The summed E-state index contributed by atoms with van der Waals surface area (Å²) in [6, 6.07) is 24.8. The number of anilines is 1. The van der Waals surface area contributed by atoms with Crippen LogP contribution in [0.25, 0.3) is 11.3 Å². The average Bonchev–Trinajstić information content (AvgIpc) is 3.57. The maximum Gasteiger partial charge on any atom is 0.416 e. The van der Waals surface area contributed by atoms with E-state index in [1.807, 2.05) is 0 Å². The van der Waals surface area contributed by atoms with Gasteiger partial charge in [-0.2, -0.15) is 13.2 Å². The Morgan fingerprint density at radius 1 is 0.920 bits per heavy atom. The summed E-state index contributed by atoms with van der Waals surface area (Å²) in [5.41, 5.74) is 1.23. The molecule has 1 aliphatic carbocycles. The van der Waals surface area contributed by atoms with Crippen molar-refractivity contribution in [1.82, 2.24) is 15.1 Å². The van der Waals surface area contributed by atoms with E-state index in [2.05, 4.69) is 102 Å². The highest BCUT2D eigenvalue weighted by atomic mass is 28.4. The fourth-order valence-corrected chi connectivity index (χ4v) is 12.8. The molecule has 0 amide bonds. The van der Waals surface area contributed by atoms with Gasteiger partial charge in [0.2, 0.25) is 0 Å². The van der Waals surface area contributed by atoms with Crippen molar-refractivity contribution in [1.29, 1.82) is 0 Å². The maximum atomic E-state index is 13.2. The number of halogens is 3. The van der Waals surface area contributed by atoms with Gasteiger partial charge >= 0.3 is 6.18 Å². The Hall–Kier alpha value is -3.77. The van der Waals surface area contributed by atoms with Gasteiger partial charge in [-0.15, -0.1) is 10.2 Å². The number of hydrogen-bond donors (Lipinski definition) is 2. The molecule has 0 spiro atoms. The molecule has 0 unspecified atom stereocenters. The van der Waals surface area contributed by atoms with Crippen LogP contribution in [0.15, 0.2) is 78.9 Å². The zero-order valence-electron chi connectivity index (χ0n) is 28.8. The molecule has 3 aromatic carbocycles. The summed E-state index contributed by atoms with van der Waals surface area (Å²) in [5, 5.41) is 25.5. The summed E-state index contributed by atoms with van der Waals surface area (Å²) in [7, 11) is -2.57. The largest absolute Gasteiger partial charge is 0.507 e. The van der Waals surface area contributed by atoms with Crippen molar-refractivity contribution in [2.45, 2.75) is 83.0 Å². The zero-order chi connectivity index (χ0) is 35.1. The lowest BCUT2D eigenvalue weighted by molar-refractivity contribution is -0.137. The second kappa shape index (κ2) is 13.7. The van der Waals surface area contributed by atoms with Crippen LogP contribution in [0, 0.1) is 5.92 Å². The highest BCUT2D eigenvalue weighted by Gasteiger charge is 2.53. The first-order valence-corrected chi connectivity index (χ1v) is 19.5. The first kappa shape index (κ1) is 34.7. The third kappa shape index (κ3) is 6.80. The minimum Gasteiger partial charge on any atom is -0.507 e. The van der Waals surface area contributed by atoms with Crippen molar-refractivity contribution in [2.24, 2.45) is 5.92 Å². The van der Waals surface area contributed by atoms with Crippen LogP contribution in [0.1, 0.15) is 63.1 Å². The molecule has 2 aliphatic heterocycles. The summed E-state index contributed by atoms with van der Waals surface area (Å²) in [6.07, 6.45) is -0.158. The minimum absolute atomic E-state index is 0.0447. The summed E-state index contributed by atoms with van der Waals surface area (Å²) in [4.78, 5) is 2.55. The number of fused-ring (bicyclic) bond motifs is 1. The van der Waals surface area contributed by atoms with Crippen LogP contribution in [0.2, 0.25) is 5.04 Å². The normalized spacial score (nSPS) is 21.4. The average molecular weight is 703 g/mol. The van der Waals surface area contributed by atoms with Crippen LogP contribution in [0.4, 0.5) is 19.0 Å². The molecular formula is C39H45F3N4O3Si. The minimum atomic E-state index is -4.55. The Kier molecular flexibility index (Phi) is 9.53. The van der Waals surface area contributed by atoms with Gasteiger partial charge in [0, 0.05) is 41.9 Å². The van der Waals surface area contributed by atoms with Gasteiger partial charge in [0.15, 0.2) is 5.82 Å². The van der Waals surface area contributed by atoms with Gasteiger partial charge in [0.05, 0.1) is 18.8 Å². The molecule has 7 rings (SSSR count). The second-order valence-electron chi connectivity index (χ2n) is 15.1. The molecule has 7 nitrogen and oxygen atoms in total. The number of benzene rings is 3. The number of alkyl halides is 3. The standard InChI is InChI=1S/C39H45F3N4O3Si/c1-38(2,3)50(30-12-6-4-7-13-30,31-14-8-5-9-15-31)49-29-19-26(20-29)22-46-18-10-11-28(23-46)43-37-34-25-48-24-33(34)36(44-45-37)32-17-16-27(21-35(32)47)39(40,41)42/h4-9,12-17,21,26,28-29,47H,10-11,18-20,22-25H2,1-3H3,(H,43,45)/t26?,28-,29?/m1/s1. The van der Waals surface area contributed by atoms with Crippen molar-refractivity contribution < 1.29 is 27.4 Å². The summed E-state index contributed by atoms with van der Waals surface area (Å²) < 4.78 is 52.6. The van der Waals surface area contributed by atoms with Crippen LogP contribution in [-0.2, 0) is 28.6 Å². The van der Waals surface area contributed by atoms with Gasteiger partial charge in [-0.25, -0.2) is 0 Å². The summed E-state index contributed by atoms with van der Waals surface area (Å²) in [5.74, 6) is 0.731. The van der Waals surface area contributed by atoms with Gasteiger partial charge in [-0.1, -0.05) is 81.4 Å². The molecule has 4 aromatic rings. The van der Waals surface area contributed by atoms with E-state index < -0.39 is 25.8 Å². The van der Waals surface area contributed by atoms with Crippen LogP contribution >= 0.6 is 0 Å². The number of aromatic hydroxyl groups is 1. The van der Waals surface area contributed by atoms with Gasteiger partial charge in [0.1, 0.15) is 11.4 Å².